The number of benzene rings is 1. The molecule has 3 rings (SSSR count). The van der Waals surface area contributed by atoms with Gasteiger partial charge in [0.2, 0.25) is 0 Å². The number of piperidine rings is 1. The van der Waals surface area contributed by atoms with Crippen molar-refractivity contribution in [1.82, 2.24) is 15.2 Å². The predicted molar refractivity (Wildman–Crippen MR) is 105 cm³/mol. The third kappa shape index (κ3) is 5.76. The van der Waals surface area contributed by atoms with E-state index in [0.717, 1.165) is 18.5 Å². The average molecular weight is 370 g/mol. The standard InChI is InChI=1S/C21H27FN4O/c1-26-12-3-2-7-19(26)10-11-23-21(27)17-8-9-20(25-15-17)24-14-16-5-4-6-18(22)13-16/h4-6,8-9,13,15,19H,2-3,7,10-12,14H2,1H3,(H,23,27)(H,24,25)/t19-/m1/s1. The molecule has 6 heteroatoms. The van der Waals surface area contributed by atoms with Crippen molar-refractivity contribution in [2.75, 3.05) is 25.5 Å². The topological polar surface area (TPSA) is 57.3 Å². The number of pyridine rings is 1. The lowest BCUT2D eigenvalue weighted by Crippen LogP contribution is -2.39. The lowest BCUT2D eigenvalue weighted by Gasteiger charge is -2.32. The van der Waals surface area contributed by atoms with Gasteiger partial charge >= 0.3 is 0 Å². The van der Waals surface area contributed by atoms with Crippen LogP contribution >= 0.6 is 0 Å². The normalized spacial score (nSPS) is 17.5. The number of anilines is 1. The number of aromatic nitrogens is 1. The zero-order valence-corrected chi connectivity index (χ0v) is 15.7. The number of hydrogen-bond acceptors (Lipinski definition) is 4. The van der Waals surface area contributed by atoms with Gasteiger partial charge in [-0.2, -0.15) is 0 Å². The summed E-state index contributed by atoms with van der Waals surface area (Å²) >= 11 is 0. The Morgan fingerprint density at radius 1 is 1.30 bits per heavy atom. The molecule has 2 N–H and O–H groups in total. The molecule has 1 aliphatic rings. The second-order valence-electron chi connectivity index (χ2n) is 7.09. The van der Waals surface area contributed by atoms with Gasteiger partial charge in [0.25, 0.3) is 5.91 Å². The highest BCUT2D eigenvalue weighted by atomic mass is 19.1. The van der Waals surface area contributed by atoms with E-state index in [-0.39, 0.29) is 11.7 Å². The third-order valence-corrected chi connectivity index (χ3v) is 5.07. The highest BCUT2D eigenvalue weighted by molar-refractivity contribution is 5.94. The van der Waals surface area contributed by atoms with E-state index >= 15 is 0 Å². The van der Waals surface area contributed by atoms with Crippen LogP contribution in [0, 0.1) is 5.82 Å². The predicted octanol–water partition coefficient (Wildman–Crippen LogP) is 3.44. The van der Waals surface area contributed by atoms with Crippen LogP contribution in [0.15, 0.2) is 42.6 Å². The number of amides is 1. The van der Waals surface area contributed by atoms with Gasteiger partial charge in [-0.05, 0) is 62.7 Å². The Morgan fingerprint density at radius 2 is 2.19 bits per heavy atom. The smallest absolute Gasteiger partial charge is 0.252 e. The molecule has 27 heavy (non-hydrogen) atoms. The largest absolute Gasteiger partial charge is 0.366 e. The van der Waals surface area contributed by atoms with Crippen LogP contribution in [-0.2, 0) is 6.54 Å². The van der Waals surface area contributed by atoms with Crippen LogP contribution in [-0.4, -0.2) is 42.0 Å². The van der Waals surface area contributed by atoms with Crippen molar-refractivity contribution in [2.45, 2.75) is 38.3 Å². The number of nitrogens with one attached hydrogen (secondary N) is 2. The SMILES string of the molecule is CN1CCCC[C@@H]1CCNC(=O)c1ccc(NCc2cccc(F)c2)nc1. The molecule has 0 bridgehead atoms. The van der Waals surface area contributed by atoms with Crippen molar-refractivity contribution in [3.8, 4) is 0 Å². The summed E-state index contributed by atoms with van der Waals surface area (Å²) in [6.07, 6.45) is 6.29. The summed E-state index contributed by atoms with van der Waals surface area (Å²) in [7, 11) is 2.16. The Balaban J connectivity index is 1.44. The van der Waals surface area contributed by atoms with E-state index < -0.39 is 0 Å². The molecule has 0 saturated carbocycles. The van der Waals surface area contributed by atoms with E-state index in [2.05, 4.69) is 27.6 Å². The molecule has 1 saturated heterocycles. The quantitative estimate of drug-likeness (QED) is 0.784. The Bertz CT molecular complexity index is 750. The Labute approximate surface area is 160 Å². The molecule has 0 unspecified atom stereocenters. The maximum Gasteiger partial charge on any atom is 0.252 e. The van der Waals surface area contributed by atoms with E-state index in [1.54, 1.807) is 24.4 Å². The third-order valence-electron chi connectivity index (χ3n) is 5.07. The summed E-state index contributed by atoms with van der Waals surface area (Å²) < 4.78 is 13.2. The highest BCUT2D eigenvalue weighted by Crippen LogP contribution is 2.17. The lowest BCUT2D eigenvalue weighted by molar-refractivity contribution is 0.0945. The van der Waals surface area contributed by atoms with Crippen LogP contribution in [0.1, 0.15) is 41.6 Å². The van der Waals surface area contributed by atoms with E-state index in [1.165, 1.54) is 31.4 Å². The van der Waals surface area contributed by atoms with Crippen molar-refractivity contribution in [3.63, 3.8) is 0 Å². The number of hydrogen-bond donors (Lipinski definition) is 2. The number of rotatable bonds is 7. The highest BCUT2D eigenvalue weighted by Gasteiger charge is 2.18. The first-order chi connectivity index (χ1) is 13.1. The molecule has 1 aromatic heterocycles. The minimum Gasteiger partial charge on any atom is -0.366 e. The molecule has 1 amide bonds. The van der Waals surface area contributed by atoms with Crippen LogP contribution in [0.4, 0.5) is 10.2 Å². The first-order valence-electron chi connectivity index (χ1n) is 9.54. The van der Waals surface area contributed by atoms with E-state index in [1.807, 2.05) is 6.07 Å². The zero-order chi connectivity index (χ0) is 19.1. The van der Waals surface area contributed by atoms with Gasteiger partial charge in [0, 0.05) is 25.3 Å². The summed E-state index contributed by atoms with van der Waals surface area (Å²) in [6, 6.07) is 10.5. The molecule has 0 spiro atoms. The summed E-state index contributed by atoms with van der Waals surface area (Å²) in [4.78, 5) is 18.9. The van der Waals surface area contributed by atoms with Gasteiger partial charge in [-0.1, -0.05) is 18.6 Å². The minimum absolute atomic E-state index is 0.0994. The first-order valence-corrected chi connectivity index (χ1v) is 9.54. The van der Waals surface area contributed by atoms with Crippen molar-refractivity contribution in [2.24, 2.45) is 0 Å². The monoisotopic (exact) mass is 370 g/mol. The van der Waals surface area contributed by atoms with Crippen LogP contribution in [0.3, 0.4) is 0 Å². The van der Waals surface area contributed by atoms with Crippen molar-refractivity contribution in [1.29, 1.82) is 0 Å². The van der Waals surface area contributed by atoms with Crippen LogP contribution in [0.5, 0.6) is 0 Å². The Hall–Kier alpha value is -2.47. The van der Waals surface area contributed by atoms with E-state index in [0.29, 0.717) is 30.5 Å². The van der Waals surface area contributed by atoms with E-state index in [4.69, 9.17) is 0 Å². The molecule has 1 fully saturated rings. The fourth-order valence-corrected chi connectivity index (χ4v) is 3.44. The number of likely N-dealkylation sites (tertiary alicyclic amines) is 1. The van der Waals surface area contributed by atoms with Gasteiger partial charge in [0.05, 0.1) is 5.56 Å². The van der Waals surface area contributed by atoms with Gasteiger partial charge in [0.1, 0.15) is 11.6 Å². The maximum atomic E-state index is 13.2. The molecule has 2 heterocycles. The fraction of sp³-hybridized carbons (Fsp3) is 0.429. The molecule has 0 aliphatic carbocycles. The summed E-state index contributed by atoms with van der Waals surface area (Å²) in [5.41, 5.74) is 1.38. The fourth-order valence-electron chi connectivity index (χ4n) is 3.44. The molecule has 1 aromatic carbocycles. The molecular weight excluding hydrogens is 343 g/mol. The average Bonchev–Trinajstić information content (AvgIpc) is 2.68. The summed E-state index contributed by atoms with van der Waals surface area (Å²) in [5, 5.41) is 6.11. The van der Waals surface area contributed by atoms with Crippen molar-refractivity contribution < 1.29 is 9.18 Å². The van der Waals surface area contributed by atoms with E-state index in [9.17, 15) is 9.18 Å². The zero-order valence-electron chi connectivity index (χ0n) is 15.7. The van der Waals surface area contributed by atoms with Crippen LogP contribution in [0.2, 0.25) is 0 Å². The maximum absolute atomic E-state index is 13.2. The Morgan fingerprint density at radius 3 is 2.93 bits per heavy atom. The number of carbonyl (C=O) groups is 1. The molecular formula is C21H27FN4O. The molecule has 0 radical (unpaired) electrons. The molecule has 1 atom stereocenters. The van der Waals surface area contributed by atoms with Crippen LogP contribution in [0.25, 0.3) is 0 Å². The summed E-state index contributed by atoms with van der Waals surface area (Å²) in [6.45, 7) is 2.30. The second-order valence-corrected chi connectivity index (χ2v) is 7.09. The van der Waals surface area contributed by atoms with Gasteiger partial charge in [-0.15, -0.1) is 0 Å². The van der Waals surface area contributed by atoms with Gasteiger partial charge in [-0.3, -0.25) is 4.79 Å². The van der Waals surface area contributed by atoms with Crippen molar-refractivity contribution in [3.05, 3.63) is 59.5 Å². The molecule has 1 aliphatic heterocycles. The number of carbonyl (C=O) groups excluding carboxylic acids is 1. The lowest BCUT2D eigenvalue weighted by atomic mass is 10.0. The van der Waals surface area contributed by atoms with Crippen LogP contribution < -0.4 is 10.6 Å². The molecule has 5 nitrogen and oxygen atoms in total. The molecule has 2 aromatic rings. The summed E-state index contributed by atoms with van der Waals surface area (Å²) in [5.74, 6) is 0.297. The van der Waals surface area contributed by atoms with Gasteiger partial charge in [0.15, 0.2) is 0 Å². The first kappa shape index (κ1) is 19.3. The number of halogens is 1. The second kappa shape index (κ2) is 9.46. The van der Waals surface area contributed by atoms with Gasteiger partial charge < -0.3 is 15.5 Å². The molecule has 144 valence electrons. The van der Waals surface area contributed by atoms with Gasteiger partial charge in [-0.25, -0.2) is 9.37 Å². The minimum atomic E-state index is -0.256. The van der Waals surface area contributed by atoms with Crippen molar-refractivity contribution >= 4 is 11.7 Å². The number of nitrogens with zero attached hydrogens (tertiary/aromatic N) is 2. The Kier molecular flexibility index (Phi) is 6.76.